The number of carbonyl (C=O) groups is 1. The van der Waals surface area contributed by atoms with Gasteiger partial charge in [0, 0.05) is 23.1 Å². The second-order valence-corrected chi connectivity index (χ2v) is 9.91. The topological polar surface area (TPSA) is 215 Å². The molecule has 1 aromatic carbocycles. The van der Waals surface area contributed by atoms with Crippen LogP contribution in [0.3, 0.4) is 0 Å². The lowest BCUT2D eigenvalue weighted by Gasteiger charge is -2.23. The molecule has 2 aromatic rings. The van der Waals surface area contributed by atoms with Crippen molar-refractivity contribution in [2.75, 3.05) is 0 Å². The Morgan fingerprint density at radius 1 is 1.35 bits per heavy atom. The lowest BCUT2D eigenvalue weighted by Crippen LogP contribution is -2.36. The maximum atomic E-state index is 12.4. The highest BCUT2D eigenvalue weighted by Crippen LogP contribution is 2.47. The fraction of sp³-hybridized carbons (Fsp3) is 0.476. The number of azide groups is 1. The number of ether oxygens (including phenoxy) is 2. The molecule has 3 rings (SSSR count). The first-order chi connectivity index (χ1) is 17.4. The SMILES string of the molecule is Cc1cn([C@H]2CC(N=[N+]=[N-])[C@@H](C(O)OP(=O)(O)OCc3ccc(OC(=O)C(C)C)cc3)O2)c(=O)[nH]c1=O. The first-order valence-electron chi connectivity index (χ1n) is 11.1. The molecule has 5 atom stereocenters. The van der Waals surface area contributed by atoms with E-state index in [-0.39, 0.29) is 23.7 Å². The van der Waals surface area contributed by atoms with Gasteiger partial charge in [-0.3, -0.25) is 28.2 Å². The average Bonchev–Trinajstić information content (AvgIpc) is 3.24. The zero-order valence-electron chi connectivity index (χ0n) is 20.1. The smallest absolute Gasteiger partial charge is 0.426 e. The number of aryl methyl sites for hydroxylation is 1. The Morgan fingerprint density at radius 3 is 2.65 bits per heavy atom. The number of hydrogen-bond donors (Lipinski definition) is 3. The molecule has 3 N–H and O–H groups in total. The van der Waals surface area contributed by atoms with Gasteiger partial charge in [0.05, 0.1) is 18.6 Å². The molecule has 1 aromatic heterocycles. The molecule has 0 bridgehead atoms. The van der Waals surface area contributed by atoms with Gasteiger partial charge in [-0.2, -0.15) is 0 Å². The first kappa shape index (κ1) is 28.3. The number of benzene rings is 1. The number of aliphatic hydroxyl groups is 1. The third-order valence-corrected chi connectivity index (χ3v) is 6.26. The number of carbonyl (C=O) groups excluding carboxylic acids is 1. The van der Waals surface area contributed by atoms with Crippen LogP contribution in [0.15, 0.2) is 45.2 Å². The van der Waals surface area contributed by atoms with E-state index in [4.69, 9.17) is 24.1 Å². The minimum atomic E-state index is -4.84. The van der Waals surface area contributed by atoms with E-state index in [0.717, 1.165) is 4.57 Å². The van der Waals surface area contributed by atoms with E-state index in [1.54, 1.807) is 13.8 Å². The van der Waals surface area contributed by atoms with Gasteiger partial charge in [-0.15, -0.1) is 0 Å². The number of aromatic amines is 1. The van der Waals surface area contributed by atoms with Crippen LogP contribution in [0, 0.1) is 12.8 Å². The van der Waals surface area contributed by atoms with Crippen molar-refractivity contribution in [1.82, 2.24) is 9.55 Å². The molecule has 0 amide bonds. The van der Waals surface area contributed by atoms with Gasteiger partial charge in [0.1, 0.15) is 18.1 Å². The second kappa shape index (κ2) is 11.8. The lowest BCUT2D eigenvalue weighted by molar-refractivity contribution is -0.149. The molecular formula is C21H26N5O10P. The highest BCUT2D eigenvalue weighted by atomic mass is 31.2. The summed E-state index contributed by atoms with van der Waals surface area (Å²) in [5.74, 6) is -0.441. The maximum absolute atomic E-state index is 12.4. The lowest BCUT2D eigenvalue weighted by atomic mass is 10.1. The molecule has 1 aliphatic rings. The quantitative estimate of drug-likeness (QED) is 0.0759. The minimum Gasteiger partial charge on any atom is -0.426 e. The summed E-state index contributed by atoms with van der Waals surface area (Å²) in [7, 11) is -4.84. The van der Waals surface area contributed by atoms with Crippen LogP contribution in [-0.2, 0) is 29.8 Å². The van der Waals surface area contributed by atoms with Gasteiger partial charge >= 0.3 is 19.5 Å². The van der Waals surface area contributed by atoms with Crippen molar-refractivity contribution in [1.29, 1.82) is 0 Å². The standard InChI is InChI=1S/C21H26N5O10P/c1-11(2)19(28)34-14-6-4-13(5-7-14)10-33-37(31,32)36-20(29)17-15(24-25-22)8-16(35-17)26-9-12(3)18(27)23-21(26)30/h4-7,9,11,15-17,20,29H,8,10H2,1-3H3,(H,31,32)(H,23,27,30)/t15?,16-,17+,20?/m1/s1. The summed E-state index contributed by atoms with van der Waals surface area (Å²) in [6.45, 7) is 4.45. The Kier molecular flexibility index (Phi) is 9.05. The van der Waals surface area contributed by atoms with Gasteiger partial charge in [0.25, 0.3) is 5.56 Å². The van der Waals surface area contributed by atoms with Crippen LogP contribution < -0.4 is 16.0 Å². The molecular weight excluding hydrogens is 513 g/mol. The average molecular weight is 539 g/mol. The van der Waals surface area contributed by atoms with Gasteiger partial charge in [-0.1, -0.05) is 31.1 Å². The van der Waals surface area contributed by atoms with Gasteiger partial charge in [0.2, 0.25) is 0 Å². The Bertz CT molecular complexity index is 1330. The molecule has 200 valence electrons. The zero-order chi connectivity index (χ0) is 27.3. The molecule has 1 aliphatic heterocycles. The molecule has 0 saturated carbocycles. The summed E-state index contributed by atoms with van der Waals surface area (Å²) >= 11 is 0. The summed E-state index contributed by atoms with van der Waals surface area (Å²) in [6, 6.07) is 4.89. The third kappa shape index (κ3) is 7.37. The summed E-state index contributed by atoms with van der Waals surface area (Å²) in [5, 5.41) is 14.0. The number of H-pyrrole nitrogens is 1. The van der Waals surface area contributed by atoms with Crippen LogP contribution >= 0.6 is 7.82 Å². The van der Waals surface area contributed by atoms with Crippen LogP contribution in [0.2, 0.25) is 0 Å². The highest BCUT2D eigenvalue weighted by Gasteiger charge is 2.43. The number of phosphoric acid groups is 1. The highest BCUT2D eigenvalue weighted by molar-refractivity contribution is 7.47. The molecule has 1 saturated heterocycles. The molecule has 0 radical (unpaired) electrons. The van der Waals surface area contributed by atoms with Crippen molar-refractivity contribution in [3.63, 3.8) is 0 Å². The van der Waals surface area contributed by atoms with Gasteiger partial charge < -0.3 is 19.5 Å². The van der Waals surface area contributed by atoms with Crippen LogP contribution in [0.4, 0.5) is 0 Å². The summed E-state index contributed by atoms with van der Waals surface area (Å²) in [6.07, 6.45) is -3.42. The number of nitrogens with zero attached hydrogens (tertiary/aromatic N) is 4. The first-order valence-corrected chi connectivity index (χ1v) is 12.6. The number of rotatable bonds is 10. The predicted molar refractivity (Wildman–Crippen MR) is 126 cm³/mol. The number of nitrogens with one attached hydrogen (secondary N) is 1. The number of aromatic nitrogens is 2. The van der Waals surface area contributed by atoms with Crippen LogP contribution in [0.25, 0.3) is 10.4 Å². The molecule has 1 fully saturated rings. The molecule has 3 unspecified atom stereocenters. The number of esters is 1. The molecule has 15 nitrogen and oxygen atoms in total. The van der Waals surface area contributed by atoms with E-state index >= 15 is 0 Å². The second-order valence-electron chi connectivity index (χ2n) is 8.50. The number of phosphoric ester groups is 1. The Balaban J connectivity index is 1.64. The minimum absolute atomic E-state index is 0.0924. The number of hydrogen-bond acceptors (Lipinski definition) is 10. The van der Waals surface area contributed by atoms with E-state index in [2.05, 4.69) is 15.0 Å². The normalized spacial score (nSPS) is 21.7. The largest absolute Gasteiger partial charge is 0.474 e. The van der Waals surface area contributed by atoms with Gasteiger partial charge in [-0.05, 0) is 30.2 Å². The van der Waals surface area contributed by atoms with E-state index in [1.807, 2.05) is 0 Å². The van der Waals surface area contributed by atoms with E-state index in [9.17, 15) is 28.9 Å². The van der Waals surface area contributed by atoms with Crippen molar-refractivity contribution in [2.45, 2.75) is 58.5 Å². The third-order valence-electron chi connectivity index (χ3n) is 5.32. The van der Waals surface area contributed by atoms with Crippen molar-refractivity contribution in [3.8, 4) is 5.75 Å². The molecule has 37 heavy (non-hydrogen) atoms. The van der Waals surface area contributed by atoms with Crippen molar-refractivity contribution < 1.29 is 37.9 Å². The van der Waals surface area contributed by atoms with Crippen LogP contribution in [-0.4, -0.2) is 44.0 Å². The molecule has 0 aliphatic carbocycles. The van der Waals surface area contributed by atoms with Crippen LogP contribution in [0.1, 0.15) is 37.6 Å². The molecule has 0 spiro atoms. The fourth-order valence-corrected chi connectivity index (χ4v) is 4.12. The Morgan fingerprint density at radius 2 is 2.03 bits per heavy atom. The predicted octanol–water partition coefficient (Wildman–Crippen LogP) is 2.03. The van der Waals surface area contributed by atoms with Crippen molar-refractivity contribution in [3.05, 3.63) is 72.9 Å². The van der Waals surface area contributed by atoms with Gasteiger partial charge in [-0.25, -0.2) is 9.36 Å². The monoisotopic (exact) mass is 539 g/mol. The summed E-state index contributed by atoms with van der Waals surface area (Å²) < 4.78 is 33.9. The van der Waals surface area contributed by atoms with Crippen molar-refractivity contribution in [2.24, 2.45) is 11.0 Å². The van der Waals surface area contributed by atoms with Crippen LogP contribution in [0.5, 0.6) is 5.75 Å². The molecule has 2 heterocycles. The number of aliphatic hydroxyl groups excluding tert-OH is 1. The van der Waals surface area contributed by atoms with E-state index in [1.165, 1.54) is 37.4 Å². The molecule has 16 heteroatoms. The fourth-order valence-electron chi connectivity index (χ4n) is 3.35. The maximum Gasteiger partial charge on any atom is 0.474 e. The Hall–Kier alpha value is -3.29. The zero-order valence-corrected chi connectivity index (χ0v) is 21.0. The van der Waals surface area contributed by atoms with Gasteiger partial charge in [0.15, 0.2) is 6.29 Å². The Labute approximate surface area is 209 Å². The van der Waals surface area contributed by atoms with E-state index < -0.39 is 56.3 Å². The van der Waals surface area contributed by atoms with Crippen molar-refractivity contribution >= 4 is 13.8 Å². The van der Waals surface area contributed by atoms with E-state index in [0.29, 0.717) is 5.56 Å². The summed E-state index contributed by atoms with van der Waals surface area (Å²) in [5.41, 5.74) is 8.13. The summed E-state index contributed by atoms with van der Waals surface area (Å²) in [4.78, 5) is 50.3.